The van der Waals surface area contributed by atoms with Crippen LogP contribution in [0.1, 0.15) is 16.1 Å². The van der Waals surface area contributed by atoms with Crippen molar-refractivity contribution in [1.29, 1.82) is 0 Å². The van der Waals surface area contributed by atoms with Crippen molar-refractivity contribution in [3.05, 3.63) is 78.0 Å². The summed E-state index contributed by atoms with van der Waals surface area (Å²) in [5.41, 5.74) is 4.25. The van der Waals surface area contributed by atoms with Crippen LogP contribution in [-0.4, -0.2) is 36.2 Å². The van der Waals surface area contributed by atoms with Gasteiger partial charge in [0, 0.05) is 31.4 Å². The van der Waals surface area contributed by atoms with Crippen LogP contribution < -0.4 is 10.2 Å². The fraction of sp³-hybridized carbons (Fsp3) is 0.174. The van der Waals surface area contributed by atoms with Crippen LogP contribution in [0.15, 0.2) is 71.3 Å². The number of benzene rings is 2. The molecule has 4 aromatic rings. The molecule has 0 saturated heterocycles. The highest BCUT2D eigenvalue weighted by atomic mass is 16.5. The van der Waals surface area contributed by atoms with Crippen LogP contribution in [0.25, 0.3) is 22.4 Å². The molecule has 4 rings (SSSR count). The highest BCUT2D eigenvalue weighted by Gasteiger charge is 2.19. The number of nitrogens with one attached hydrogen (secondary N) is 1. The second-order valence-corrected chi connectivity index (χ2v) is 6.88. The van der Waals surface area contributed by atoms with Gasteiger partial charge in [-0.15, -0.1) is 0 Å². The number of carbonyl (C=O) groups excluding carboxylic acids is 1. The lowest BCUT2D eigenvalue weighted by molar-refractivity contribution is 0.0956. The largest absolute Gasteiger partial charge is 0.373 e. The Bertz CT molecular complexity index is 1120. The average molecular weight is 386 g/mol. The van der Waals surface area contributed by atoms with Crippen LogP contribution in [0.4, 0.5) is 5.69 Å². The molecule has 2 aromatic carbocycles. The van der Waals surface area contributed by atoms with E-state index in [9.17, 15) is 4.79 Å². The van der Waals surface area contributed by atoms with Crippen LogP contribution in [0, 0.1) is 6.92 Å². The number of aryl methyl sites for hydroxylation is 1. The maximum atomic E-state index is 13.0. The Morgan fingerprint density at radius 1 is 1.07 bits per heavy atom. The first-order valence-corrected chi connectivity index (χ1v) is 9.50. The number of carbonyl (C=O) groups is 1. The van der Waals surface area contributed by atoms with E-state index in [0.29, 0.717) is 41.1 Å². The van der Waals surface area contributed by atoms with E-state index < -0.39 is 0 Å². The summed E-state index contributed by atoms with van der Waals surface area (Å²) >= 11 is 0. The number of likely N-dealkylation sites (N-methyl/N-ethyl adjacent to an activating group) is 1. The van der Waals surface area contributed by atoms with Crippen molar-refractivity contribution in [3.8, 4) is 11.3 Å². The summed E-state index contributed by atoms with van der Waals surface area (Å²) in [7, 11) is 2.00. The fourth-order valence-electron chi connectivity index (χ4n) is 3.27. The molecule has 29 heavy (non-hydrogen) atoms. The number of aromatic nitrogens is 2. The number of hydrogen-bond donors (Lipinski definition) is 1. The number of fused-ring (bicyclic) bond motifs is 1. The molecule has 1 N–H and O–H groups in total. The lowest BCUT2D eigenvalue weighted by atomic mass is 10.1. The number of pyridine rings is 1. The summed E-state index contributed by atoms with van der Waals surface area (Å²) in [6, 6.07) is 21.6. The number of anilines is 1. The molecule has 2 aromatic heterocycles. The van der Waals surface area contributed by atoms with Crippen LogP contribution >= 0.6 is 0 Å². The first-order chi connectivity index (χ1) is 14.1. The first kappa shape index (κ1) is 18.7. The lowest BCUT2D eigenvalue weighted by Crippen LogP contribution is -2.33. The molecule has 0 aliphatic rings. The topological polar surface area (TPSA) is 71.3 Å². The Hall–Kier alpha value is -3.67. The van der Waals surface area contributed by atoms with Gasteiger partial charge in [-0.2, -0.15) is 0 Å². The zero-order valence-electron chi connectivity index (χ0n) is 16.4. The third kappa shape index (κ3) is 3.96. The van der Waals surface area contributed by atoms with Crippen molar-refractivity contribution < 1.29 is 9.32 Å². The van der Waals surface area contributed by atoms with E-state index >= 15 is 0 Å². The number of hydrogen-bond acceptors (Lipinski definition) is 5. The summed E-state index contributed by atoms with van der Waals surface area (Å²) in [4.78, 5) is 19.6. The molecule has 0 aliphatic carbocycles. The molecule has 0 unspecified atom stereocenters. The van der Waals surface area contributed by atoms with E-state index in [2.05, 4.69) is 20.4 Å². The number of para-hydroxylation sites is 1. The molecule has 6 nitrogen and oxygen atoms in total. The quantitative estimate of drug-likeness (QED) is 0.541. The summed E-state index contributed by atoms with van der Waals surface area (Å²) in [5, 5.41) is 7.66. The van der Waals surface area contributed by atoms with Gasteiger partial charge in [-0.05, 0) is 25.1 Å². The minimum atomic E-state index is -0.164. The van der Waals surface area contributed by atoms with Crippen molar-refractivity contribution in [2.24, 2.45) is 0 Å². The molecule has 6 heteroatoms. The van der Waals surface area contributed by atoms with Crippen LogP contribution in [-0.2, 0) is 0 Å². The highest BCUT2D eigenvalue weighted by Crippen LogP contribution is 2.26. The monoisotopic (exact) mass is 386 g/mol. The molecular weight excluding hydrogens is 364 g/mol. The molecule has 146 valence electrons. The van der Waals surface area contributed by atoms with Crippen LogP contribution in [0.3, 0.4) is 0 Å². The van der Waals surface area contributed by atoms with Crippen molar-refractivity contribution >= 4 is 22.7 Å². The zero-order chi connectivity index (χ0) is 20.2. The van der Waals surface area contributed by atoms with E-state index in [1.165, 1.54) is 0 Å². The molecule has 1 amide bonds. The van der Waals surface area contributed by atoms with Gasteiger partial charge in [0.1, 0.15) is 0 Å². The summed E-state index contributed by atoms with van der Waals surface area (Å²) < 4.78 is 5.35. The minimum absolute atomic E-state index is 0.164. The number of rotatable bonds is 6. The van der Waals surface area contributed by atoms with Gasteiger partial charge in [0.05, 0.1) is 22.3 Å². The summed E-state index contributed by atoms with van der Waals surface area (Å²) in [5.74, 6) is -0.164. The second kappa shape index (κ2) is 8.14. The Labute approximate surface area is 169 Å². The third-order valence-electron chi connectivity index (χ3n) is 4.86. The molecular formula is C23H22N4O2. The van der Waals surface area contributed by atoms with Gasteiger partial charge in [-0.3, -0.25) is 4.79 Å². The van der Waals surface area contributed by atoms with E-state index in [-0.39, 0.29) is 5.91 Å². The molecule has 0 radical (unpaired) electrons. The maximum Gasteiger partial charge on any atom is 0.259 e. The molecule has 2 heterocycles. The molecule has 0 spiro atoms. The molecule has 0 saturated carbocycles. The third-order valence-corrected chi connectivity index (χ3v) is 4.86. The minimum Gasteiger partial charge on any atom is -0.373 e. The summed E-state index contributed by atoms with van der Waals surface area (Å²) in [6.45, 7) is 3.02. The molecule has 0 atom stereocenters. The van der Waals surface area contributed by atoms with Crippen molar-refractivity contribution in [2.45, 2.75) is 6.92 Å². The van der Waals surface area contributed by atoms with E-state index in [1.807, 2.05) is 74.6 Å². The van der Waals surface area contributed by atoms with E-state index in [1.54, 1.807) is 6.07 Å². The van der Waals surface area contributed by atoms with Crippen molar-refractivity contribution in [1.82, 2.24) is 15.5 Å². The van der Waals surface area contributed by atoms with E-state index in [4.69, 9.17) is 4.52 Å². The number of amides is 1. The van der Waals surface area contributed by atoms with Gasteiger partial charge >= 0.3 is 0 Å². The van der Waals surface area contributed by atoms with Crippen molar-refractivity contribution in [2.75, 3.05) is 25.0 Å². The van der Waals surface area contributed by atoms with Gasteiger partial charge in [-0.1, -0.05) is 53.7 Å². The Kier molecular flexibility index (Phi) is 5.24. The normalized spacial score (nSPS) is 10.8. The Morgan fingerprint density at radius 3 is 2.48 bits per heavy atom. The van der Waals surface area contributed by atoms with Crippen molar-refractivity contribution in [3.63, 3.8) is 0 Å². The van der Waals surface area contributed by atoms with E-state index in [0.717, 1.165) is 11.3 Å². The maximum absolute atomic E-state index is 13.0. The van der Waals surface area contributed by atoms with Crippen LogP contribution in [0.5, 0.6) is 0 Å². The van der Waals surface area contributed by atoms with Gasteiger partial charge in [0.15, 0.2) is 0 Å². The fourth-order valence-corrected chi connectivity index (χ4v) is 3.27. The lowest BCUT2D eigenvalue weighted by Gasteiger charge is -2.19. The Balaban J connectivity index is 1.56. The second-order valence-electron chi connectivity index (χ2n) is 6.88. The number of nitrogens with zero attached hydrogens (tertiary/aromatic N) is 3. The van der Waals surface area contributed by atoms with Gasteiger partial charge in [-0.25, -0.2) is 4.98 Å². The first-order valence-electron chi connectivity index (χ1n) is 9.50. The molecule has 0 fully saturated rings. The van der Waals surface area contributed by atoms with Gasteiger partial charge < -0.3 is 14.7 Å². The predicted octanol–water partition coefficient (Wildman–Crippen LogP) is 4.06. The van der Waals surface area contributed by atoms with Gasteiger partial charge in [0.2, 0.25) is 0 Å². The van der Waals surface area contributed by atoms with Crippen LogP contribution in [0.2, 0.25) is 0 Å². The molecule has 0 bridgehead atoms. The summed E-state index contributed by atoms with van der Waals surface area (Å²) in [6.07, 6.45) is 0. The molecule has 0 aliphatic heterocycles. The average Bonchev–Trinajstić information content (AvgIpc) is 3.15. The smallest absolute Gasteiger partial charge is 0.259 e. The zero-order valence-corrected chi connectivity index (χ0v) is 16.4. The SMILES string of the molecule is Cc1noc2nc(-c3ccccc3)cc(C(=O)NCCN(C)c3ccccc3)c12. The standard InChI is InChI=1S/C23H22N4O2/c1-16-21-19(22(28)24-13-14-27(2)18-11-7-4-8-12-18)15-20(25-23(21)29-26-16)17-9-5-3-6-10-17/h3-12,15H,13-14H2,1-2H3,(H,24,28). The Morgan fingerprint density at radius 2 is 1.76 bits per heavy atom. The highest BCUT2D eigenvalue weighted by molar-refractivity contribution is 6.07. The van der Waals surface area contributed by atoms with Gasteiger partial charge in [0.25, 0.3) is 11.6 Å². The predicted molar refractivity (Wildman–Crippen MR) is 114 cm³/mol.